The largest absolute Gasteiger partial charge is 0.326 e. The average Bonchev–Trinajstić information content (AvgIpc) is 2.30. The molecule has 0 saturated carbocycles. The van der Waals surface area contributed by atoms with Crippen LogP contribution in [0.25, 0.3) is 0 Å². The number of likely N-dealkylation sites (N-methyl/N-ethyl adjacent to an activating group) is 2. The summed E-state index contributed by atoms with van der Waals surface area (Å²) in [5.74, 6) is 0. The van der Waals surface area contributed by atoms with E-state index >= 15 is 0 Å². The van der Waals surface area contributed by atoms with E-state index in [4.69, 9.17) is 0 Å². The third kappa shape index (κ3) is 2.11. The van der Waals surface area contributed by atoms with Gasteiger partial charge in [0.05, 0.1) is 0 Å². The predicted octanol–water partition coefficient (Wildman–Crippen LogP) is -0.0846. The topological polar surface area (TPSA) is 26.8 Å². The lowest BCUT2D eigenvalue weighted by molar-refractivity contribution is 0.194. The number of carbonyl (C=O) groups excluding carboxylic acids is 1. The molecule has 1 rings (SSSR count). The zero-order valence-electron chi connectivity index (χ0n) is 8.08. The fourth-order valence-electron chi connectivity index (χ4n) is 1.23. The lowest BCUT2D eigenvalue weighted by Gasteiger charge is -2.18. The summed E-state index contributed by atoms with van der Waals surface area (Å²) in [6.07, 6.45) is 0. The van der Waals surface area contributed by atoms with Gasteiger partial charge in [0, 0.05) is 33.2 Å². The van der Waals surface area contributed by atoms with Crippen molar-refractivity contribution in [1.29, 1.82) is 0 Å². The van der Waals surface area contributed by atoms with Crippen molar-refractivity contribution in [2.24, 2.45) is 0 Å². The fourth-order valence-corrected chi connectivity index (χ4v) is 1.23. The van der Waals surface area contributed by atoms with Crippen LogP contribution in [0.3, 0.4) is 0 Å². The van der Waals surface area contributed by atoms with E-state index in [1.807, 2.05) is 26.0 Å². The molecule has 0 aromatic heterocycles. The van der Waals surface area contributed by atoms with Crippen LogP contribution in [-0.4, -0.2) is 68.1 Å². The second kappa shape index (κ2) is 3.76. The van der Waals surface area contributed by atoms with Crippen LogP contribution in [0.2, 0.25) is 0 Å². The maximum Gasteiger partial charge on any atom is 0.319 e. The summed E-state index contributed by atoms with van der Waals surface area (Å²) in [6, 6.07) is 0.164. The first-order valence-corrected chi connectivity index (χ1v) is 4.26. The first-order valence-electron chi connectivity index (χ1n) is 4.26. The van der Waals surface area contributed by atoms with E-state index in [9.17, 15) is 4.79 Å². The Kier molecular flexibility index (Phi) is 2.92. The molecule has 0 atom stereocenters. The van der Waals surface area contributed by atoms with Crippen molar-refractivity contribution in [3.05, 3.63) is 0 Å². The zero-order chi connectivity index (χ0) is 9.14. The van der Waals surface area contributed by atoms with Gasteiger partial charge in [-0.1, -0.05) is 0 Å². The molecule has 0 N–H and O–H groups in total. The summed E-state index contributed by atoms with van der Waals surface area (Å²) in [6.45, 7) is 3.53. The smallest absolute Gasteiger partial charge is 0.319 e. The maximum atomic E-state index is 11.4. The SMILES string of the molecule is CN(C)CCN1CCN(C)C1=O. The van der Waals surface area contributed by atoms with E-state index in [1.165, 1.54) is 0 Å². The quantitative estimate of drug-likeness (QED) is 0.593. The van der Waals surface area contributed by atoms with Crippen molar-refractivity contribution < 1.29 is 4.79 Å². The summed E-state index contributed by atoms with van der Waals surface area (Å²) < 4.78 is 0. The van der Waals surface area contributed by atoms with Gasteiger partial charge in [-0.25, -0.2) is 4.79 Å². The highest BCUT2D eigenvalue weighted by molar-refractivity contribution is 5.76. The Labute approximate surface area is 73.7 Å². The average molecular weight is 171 g/mol. The molecule has 0 bridgehead atoms. The molecular formula is C8H17N3O. The highest BCUT2D eigenvalue weighted by atomic mass is 16.2. The highest BCUT2D eigenvalue weighted by Crippen LogP contribution is 2.04. The van der Waals surface area contributed by atoms with Crippen molar-refractivity contribution in [2.45, 2.75) is 0 Å². The normalized spacial score (nSPS) is 18.2. The van der Waals surface area contributed by atoms with Gasteiger partial charge in [-0.3, -0.25) is 0 Å². The van der Waals surface area contributed by atoms with Crippen LogP contribution in [0.1, 0.15) is 0 Å². The molecule has 0 aliphatic carbocycles. The Hall–Kier alpha value is -0.770. The summed E-state index contributed by atoms with van der Waals surface area (Å²) in [4.78, 5) is 17.1. The van der Waals surface area contributed by atoms with Crippen LogP contribution in [0.5, 0.6) is 0 Å². The van der Waals surface area contributed by atoms with Crippen molar-refractivity contribution in [3.63, 3.8) is 0 Å². The minimum atomic E-state index is 0.164. The Morgan fingerprint density at radius 1 is 1.42 bits per heavy atom. The molecule has 1 saturated heterocycles. The van der Waals surface area contributed by atoms with E-state index < -0.39 is 0 Å². The Morgan fingerprint density at radius 2 is 2.08 bits per heavy atom. The van der Waals surface area contributed by atoms with Gasteiger partial charge >= 0.3 is 6.03 Å². The number of carbonyl (C=O) groups is 1. The molecule has 4 nitrogen and oxygen atoms in total. The van der Waals surface area contributed by atoms with Crippen molar-refractivity contribution >= 4 is 6.03 Å². The first kappa shape index (κ1) is 9.32. The molecule has 1 heterocycles. The van der Waals surface area contributed by atoms with Crippen molar-refractivity contribution in [3.8, 4) is 0 Å². The summed E-state index contributed by atoms with van der Waals surface area (Å²) in [5, 5.41) is 0. The second-order valence-electron chi connectivity index (χ2n) is 3.49. The van der Waals surface area contributed by atoms with Crippen LogP contribution in [0, 0.1) is 0 Å². The number of hydrogen-bond donors (Lipinski definition) is 0. The molecule has 1 aliphatic heterocycles. The number of nitrogens with zero attached hydrogens (tertiary/aromatic N) is 3. The molecule has 1 aliphatic rings. The number of urea groups is 1. The molecule has 0 aromatic rings. The minimum Gasteiger partial charge on any atom is -0.326 e. The molecule has 0 radical (unpaired) electrons. The monoisotopic (exact) mass is 171 g/mol. The number of rotatable bonds is 3. The first-order chi connectivity index (χ1) is 5.61. The molecule has 2 amide bonds. The molecule has 12 heavy (non-hydrogen) atoms. The molecular weight excluding hydrogens is 154 g/mol. The zero-order valence-corrected chi connectivity index (χ0v) is 8.08. The van der Waals surface area contributed by atoms with Crippen LogP contribution in [0.15, 0.2) is 0 Å². The third-order valence-corrected chi connectivity index (χ3v) is 2.12. The van der Waals surface area contributed by atoms with Crippen LogP contribution in [0.4, 0.5) is 4.79 Å². The van der Waals surface area contributed by atoms with E-state index in [-0.39, 0.29) is 6.03 Å². The Balaban J connectivity index is 2.30. The van der Waals surface area contributed by atoms with Gasteiger partial charge in [0.2, 0.25) is 0 Å². The second-order valence-corrected chi connectivity index (χ2v) is 3.49. The van der Waals surface area contributed by atoms with Gasteiger partial charge in [-0.05, 0) is 14.1 Å². The standard InChI is InChI=1S/C8H17N3O/c1-9(2)4-6-11-7-5-10(3)8(11)12/h4-7H2,1-3H3. The fraction of sp³-hybridized carbons (Fsp3) is 0.875. The van der Waals surface area contributed by atoms with Gasteiger partial charge in [-0.15, -0.1) is 0 Å². The van der Waals surface area contributed by atoms with Crippen LogP contribution < -0.4 is 0 Å². The van der Waals surface area contributed by atoms with Crippen LogP contribution >= 0.6 is 0 Å². The predicted molar refractivity (Wildman–Crippen MR) is 48.2 cm³/mol. The third-order valence-electron chi connectivity index (χ3n) is 2.12. The van der Waals surface area contributed by atoms with E-state index in [0.29, 0.717) is 0 Å². The summed E-state index contributed by atoms with van der Waals surface area (Å²) in [5.41, 5.74) is 0. The Bertz CT molecular complexity index is 170. The minimum absolute atomic E-state index is 0.164. The Morgan fingerprint density at radius 3 is 2.50 bits per heavy atom. The summed E-state index contributed by atoms with van der Waals surface area (Å²) in [7, 11) is 5.88. The van der Waals surface area contributed by atoms with Gasteiger partial charge < -0.3 is 14.7 Å². The molecule has 4 heteroatoms. The van der Waals surface area contributed by atoms with Gasteiger partial charge in [0.15, 0.2) is 0 Å². The lowest BCUT2D eigenvalue weighted by Crippen LogP contribution is -2.34. The molecule has 70 valence electrons. The van der Waals surface area contributed by atoms with E-state index in [1.54, 1.807) is 4.90 Å². The molecule has 0 spiro atoms. The van der Waals surface area contributed by atoms with E-state index in [2.05, 4.69) is 4.90 Å². The lowest BCUT2D eigenvalue weighted by atomic mass is 10.5. The van der Waals surface area contributed by atoms with Gasteiger partial charge in [-0.2, -0.15) is 0 Å². The van der Waals surface area contributed by atoms with Crippen molar-refractivity contribution in [2.75, 3.05) is 47.3 Å². The highest BCUT2D eigenvalue weighted by Gasteiger charge is 2.24. The van der Waals surface area contributed by atoms with Crippen molar-refractivity contribution in [1.82, 2.24) is 14.7 Å². The molecule has 0 aromatic carbocycles. The van der Waals surface area contributed by atoms with E-state index in [0.717, 1.165) is 26.2 Å². The van der Waals surface area contributed by atoms with Gasteiger partial charge in [0.1, 0.15) is 0 Å². The van der Waals surface area contributed by atoms with Crippen LogP contribution in [-0.2, 0) is 0 Å². The number of amides is 2. The maximum absolute atomic E-state index is 11.4. The van der Waals surface area contributed by atoms with Gasteiger partial charge in [0.25, 0.3) is 0 Å². The number of hydrogen-bond acceptors (Lipinski definition) is 2. The summed E-state index contributed by atoms with van der Waals surface area (Å²) >= 11 is 0. The molecule has 0 unspecified atom stereocenters. The molecule has 1 fully saturated rings.